The minimum atomic E-state index is 0.554. The Morgan fingerprint density at radius 2 is 1.44 bits per heavy atom. The second-order valence-electron chi connectivity index (χ2n) is 7.43. The summed E-state index contributed by atoms with van der Waals surface area (Å²) in [5.41, 5.74) is 3.43. The lowest BCUT2D eigenvalue weighted by Crippen LogP contribution is -2.08. The van der Waals surface area contributed by atoms with E-state index in [1.165, 1.54) is 5.56 Å². The third-order valence-corrected chi connectivity index (χ3v) is 6.10. The minimum Gasteiger partial charge on any atom is -0.493 e. The Kier molecular flexibility index (Phi) is 5.98. The molecule has 0 saturated heterocycles. The van der Waals surface area contributed by atoms with Gasteiger partial charge in [-0.2, -0.15) is 0 Å². The summed E-state index contributed by atoms with van der Waals surface area (Å²) in [6.07, 6.45) is 0. The van der Waals surface area contributed by atoms with Crippen LogP contribution < -0.4 is 9.47 Å². The number of nitrogens with zero attached hydrogens (tertiary/aromatic N) is 4. The van der Waals surface area contributed by atoms with Crippen LogP contribution in [0.25, 0.3) is 16.8 Å². The van der Waals surface area contributed by atoms with Crippen molar-refractivity contribution in [1.29, 1.82) is 0 Å². The van der Waals surface area contributed by atoms with Crippen molar-refractivity contribution in [3.63, 3.8) is 0 Å². The number of thioether (sulfide) groups is 1. The maximum absolute atomic E-state index is 5.91. The Hall–Kier alpha value is -3.45. The molecule has 0 N–H and O–H groups in total. The van der Waals surface area contributed by atoms with Crippen LogP contribution in [-0.2, 0) is 6.54 Å². The molecule has 32 heavy (non-hydrogen) atoms. The molecule has 7 heteroatoms. The molecule has 5 aromatic rings. The molecular formula is C25H24N4O2S. The number of aromatic nitrogens is 4. The Labute approximate surface area is 190 Å². The molecule has 0 radical (unpaired) electrons. The predicted molar refractivity (Wildman–Crippen MR) is 128 cm³/mol. The van der Waals surface area contributed by atoms with E-state index >= 15 is 0 Å². The number of imidazole rings is 1. The molecule has 0 aliphatic carbocycles. The molecule has 0 fully saturated rings. The normalized spacial score (nSPS) is 11.3. The molecule has 0 unspecified atom stereocenters. The van der Waals surface area contributed by atoms with Gasteiger partial charge in [0.15, 0.2) is 5.16 Å². The summed E-state index contributed by atoms with van der Waals surface area (Å²) in [4.78, 5) is 0. The van der Waals surface area contributed by atoms with Crippen molar-refractivity contribution < 1.29 is 9.47 Å². The number of hydrogen-bond donors (Lipinski definition) is 0. The van der Waals surface area contributed by atoms with Crippen LogP contribution in [0.4, 0.5) is 0 Å². The Morgan fingerprint density at radius 3 is 2.25 bits per heavy atom. The van der Waals surface area contributed by atoms with Gasteiger partial charge in [0.1, 0.15) is 18.1 Å². The lowest BCUT2D eigenvalue weighted by Gasteiger charge is -2.07. The van der Waals surface area contributed by atoms with E-state index in [2.05, 4.69) is 50.4 Å². The second-order valence-corrected chi connectivity index (χ2v) is 8.49. The predicted octanol–water partition coefficient (Wildman–Crippen LogP) is 5.24. The van der Waals surface area contributed by atoms with E-state index in [1.54, 1.807) is 11.8 Å². The van der Waals surface area contributed by atoms with E-state index in [9.17, 15) is 0 Å². The summed E-state index contributed by atoms with van der Waals surface area (Å²) in [7, 11) is 0. The molecule has 2 heterocycles. The fourth-order valence-corrected chi connectivity index (χ4v) is 4.41. The van der Waals surface area contributed by atoms with Crippen LogP contribution in [0.5, 0.6) is 11.5 Å². The number of aryl methyl sites for hydroxylation is 1. The number of hydrogen-bond acceptors (Lipinski definition) is 5. The van der Waals surface area contributed by atoms with Crippen LogP contribution in [0.2, 0.25) is 0 Å². The summed E-state index contributed by atoms with van der Waals surface area (Å²) in [5.74, 6) is 3.36. The van der Waals surface area contributed by atoms with Crippen molar-refractivity contribution in [2.75, 3.05) is 19.0 Å². The molecule has 0 spiro atoms. The summed E-state index contributed by atoms with van der Waals surface area (Å²) >= 11 is 1.65. The highest BCUT2D eigenvalue weighted by molar-refractivity contribution is 7.99. The van der Waals surface area contributed by atoms with Crippen LogP contribution in [0.1, 0.15) is 5.56 Å². The van der Waals surface area contributed by atoms with Crippen LogP contribution in [0, 0.1) is 6.92 Å². The number of benzene rings is 3. The molecule has 162 valence electrons. The van der Waals surface area contributed by atoms with Gasteiger partial charge in [0.2, 0.25) is 5.78 Å². The fourth-order valence-electron chi connectivity index (χ4n) is 3.65. The molecule has 0 saturated carbocycles. The van der Waals surface area contributed by atoms with E-state index in [0.29, 0.717) is 19.8 Å². The zero-order valence-corrected chi connectivity index (χ0v) is 18.7. The lowest BCUT2D eigenvalue weighted by atomic mass is 10.2. The summed E-state index contributed by atoms with van der Waals surface area (Å²) in [5, 5.41) is 9.80. The Morgan fingerprint density at radius 1 is 0.750 bits per heavy atom. The molecule has 2 aromatic heterocycles. The first-order valence-electron chi connectivity index (χ1n) is 10.6. The van der Waals surface area contributed by atoms with Gasteiger partial charge in [-0.1, -0.05) is 59.8 Å². The van der Waals surface area contributed by atoms with Crippen LogP contribution in [-0.4, -0.2) is 38.1 Å². The highest BCUT2D eigenvalue weighted by Crippen LogP contribution is 2.26. The first-order chi connectivity index (χ1) is 15.8. The van der Waals surface area contributed by atoms with Crippen molar-refractivity contribution in [3.8, 4) is 11.5 Å². The number of ether oxygens (including phenoxy) is 2. The molecule has 6 nitrogen and oxygen atoms in total. The molecular weight excluding hydrogens is 420 g/mol. The van der Waals surface area contributed by atoms with Gasteiger partial charge in [-0.15, -0.1) is 10.2 Å². The number of rotatable bonds is 9. The fraction of sp³-hybridized carbons (Fsp3) is 0.200. The zero-order valence-electron chi connectivity index (χ0n) is 17.8. The first-order valence-corrected chi connectivity index (χ1v) is 11.6. The van der Waals surface area contributed by atoms with E-state index in [0.717, 1.165) is 39.2 Å². The zero-order chi connectivity index (χ0) is 21.8. The minimum absolute atomic E-state index is 0.554. The van der Waals surface area contributed by atoms with Gasteiger partial charge in [0.25, 0.3) is 0 Å². The number of para-hydroxylation sites is 3. The van der Waals surface area contributed by atoms with Crippen molar-refractivity contribution in [2.45, 2.75) is 18.6 Å². The van der Waals surface area contributed by atoms with Gasteiger partial charge in [-0.05, 0) is 43.3 Å². The van der Waals surface area contributed by atoms with Crippen molar-refractivity contribution in [2.24, 2.45) is 0 Å². The summed E-state index contributed by atoms with van der Waals surface area (Å²) in [6, 6.07) is 26.3. The van der Waals surface area contributed by atoms with Gasteiger partial charge in [-0.3, -0.25) is 4.40 Å². The van der Waals surface area contributed by atoms with Crippen molar-refractivity contribution in [1.82, 2.24) is 19.2 Å². The Bertz CT molecular complexity index is 1310. The maximum atomic E-state index is 5.91. The highest BCUT2D eigenvalue weighted by atomic mass is 32.2. The largest absolute Gasteiger partial charge is 0.493 e. The van der Waals surface area contributed by atoms with E-state index in [1.807, 2.05) is 54.6 Å². The van der Waals surface area contributed by atoms with Crippen LogP contribution >= 0.6 is 11.8 Å². The molecule has 0 aliphatic heterocycles. The monoisotopic (exact) mass is 444 g/mol. The van der Waals surface area contributed by atoms with E-state index in [4.69, 9.17) is 9.47 Å². The third kappa shape index (κ3) is 4.29. The number of fused-ring (bicyclic) bond motifs is 3. The third-order valence-electron chi connectivity index (χ3n) is 5.20. The van der Waals surface area contributed by atoms with Gasteiger partial charge in [0, 0.05) is 5.75 Å². The SMILES string of the molecule is Cc1ccc(OCCSc2nnc3n(CCOc4ccccc4)c4ccccc4n23)cc1. The second kappa shape index (κ2) is 9.36. The molecule has 0 bridgehead atoms. The molecule has 0 aliphatic rings. The molecule has 0 amide bonds. The topological polar surface area (TPSA) is 53.6 Å². The van der Waals surface area contributed by atoms with E-state index in [-0.39, 0.29) is 0 Å². The average Bonchev–Trinajstić information content (AvgIpc) is 3.38. The van der Waals surface area contributed by atoms with Gasteiger partial charge in [0.05, 0.1) is 24.2 Å². The Balaban J connectivity index is 1.30. The average molecular weight is 445 g/mol. The molecule has 3 aromatic carbocycles. The van der Waals surface area contributed by atoms with Crippen LogP contribution in [0.15, 0.2) is 84.0 Å². The summed E-state index contributed by atoms with van der Waals surface area (Å²) in [6.45, 7) is 3.91. The van der Waals surface area contributed by atoms with Crippen molar-refractivity contribution >= 4 is 28.6 Å². The highest BCUT2D eigenvalue weighted by Gasteiger charge is 2.16. The quantitative estimate of drug-likeness (QED) is 0.230. The summed E-state index contributed by atoms with van der Waals surface area (Å²) < 4.78 is 16.1. The smallest absolute Gasteiger partial charge is 0.237 e. The van der Waals surface area contributed by atoms with Gasteiger partial charge in [-0.25, -0.2) is 0 Å². The van der Waals surface area contributed by atoms with Crippen LogP contribution in [0.3, 0.4) is 0 Å². The van der Waals surface area contributed by atoms with Gasteiger partial charge < -0.3 is 14.0 Å². The van der Waals surface area contributed by atoms with E-state index < -0.39 is 0 Å². The standard InChI is InChI=1S/C25H24N4O2S/c1-19-11-13-21(14-12-19)31-17-18-32-25-27-26-24-28(15-16-30-20-7-3-2-4-8-20)22-9-5-6-10-23(22)29(24)25/h2-14H,15-18H2,1H3. The molecule has 0 atom stereocenters. The van der Waals surface area contributed by atoms with Crippen molar-refractivity contribution in [3.05, 3.63) is 84.4 Å². The lowest BCUT2D eigenvalue weighted by molar-refractivity contribution is 0.301. The first kappa shape index (κ1) is 20.5. The maximum Gasteiger partial charge on any atom is 0.237 e. The molecule has 5 rings (SSSR count). The van der Waals surface area contributed by atoms with Gasteiger partial charge >= 0.3 is 0 Å².